The molecule has 0 fully saturated rings. The van der Waals surface area contributed by atoms with Crippen LogP contribution in [0.25, 0.3) is 16.9 Å². The molecule has 0 atom stereocenters. The molecule has 0 saturated carbocycles. The molecule has 4 aromatic rings. The van der Waals surface area contributed by atoms with Gasteiger partial charge in [0.25, 0.3) is 5.91 Å². The predicted molar refractivity (Wildman–Crippen MR) is 124 cm³/mol. The van der Waals surface area contributed by atoms with Gasteiger partial charge in [0.1, 0.15) is 11.5 Å². The number of aromatic nitrogens is 2. The molecule has 0 aliphatic heterocycles. The highest BCUT2D eigenvalue weighted by atomic mass is 35.5. The number of phenols is 2. The third-order valence-electron chi connectivity index (χ3n) is 5.26. The molecule has 0 aliphatic rings. The van der Waals surface area contributed by atoms with Crippen LogP contribution in [0.1, 0.15) is 21.5 Å². The van der Waals surface area contributed by atoms with Crippen LogP contribution in [0, 0.1) is 6.92 Å². The third kappa shape index (κ3) is 4.18. The highest BCUT2D eigenvalue weighted by Crippen LogP contribution is 2.36. The van der Waals surface area contributed by atoms with E-state index in [1.807, 2.05) is 43.3 Å². The number of aryl methyl sites for hydroxylation is 1. The number of aromatic hydroxyl groups is 2. The first kappa shape index (κ1) is 21.5. The van der Waals surface area contributed by atoms with Crippen molar-refractivity contribution in [2.75, 3.05) is 7.05 Å². The van der Waals surface area contributed by atoms with E-state index in [-0.39, 0.29) is 23.0 Å². The standard InChI is InChI=1S/C25H22ClN3O3/c1-16-6-3-4-9-21(16)29-22(10-11-27-29)19-13-20(24(31)14-23(19)30)25(32)28(2)15-17-7-5-8-18(26)12-17/h3-14,30-31H,15H2,1-2H3. The molecule has 32 heavy (non-hydrogen) atoms. The molecule has 162 valence electrons. The van der Waals surface area contributed by atoms with Gasteiger partial charge < -0.3 is 15.1 Å². The number of phenolic OH excluding ortho intramolecular Hbond substituents is 2. The normalized spacial score (nSPS) is 10.8. The summed E-state index contributed by atoms with van der Waals surface area (Å²) in [7, 11) is 1.65. The van der Waals surface area contributed by atoms with Crippen LogP contribution < -0.4 is 0 Å². The molecule has 3 aromatic carbocycles. The Balaban J connectivity index is 1.71. The summed E-state index contributed by atoms with van der Waals surface area (Å²) in [6.07, 6.45) is 1.63. The molecule has 1 heterocycles. The van der Waals surface area contributed by atoms with E-state index >= 15 is 0 Å². The van der Waals surface area contributed by atoms with Gasteiger partial charge in [-0.15, -0.1) is 0 Å². The second-order valence-electron chi connectivity index (χ2n) is 7.59. The molecule has 0 aliphatic carbocycles. The Labute approximate surface area is 190 Å². The monoisotopic (exact) mass is 447 g/mol. The maximum Gasteiger partial charge on any atom is 0.257 e. The first-order chi connectivity index (χ1) is 15.3. The van der Waals surface area contributed by atoms with Gasteiger partial charge >= 0.3 is 0 Å². The smallest absolute Gasteiger partial charge is 0.257 e. The molecule has 0 bridgehead atoms. The number of para-hydroxylation sites is 1. The molecule has 6 nitrogen and oxygen atoms in total. The van der Waals surface area contributed by atoms with Crippen molar-refractivity contribution in [3.63, 3.8) is 0 Å². The summed E-state index contributed by atoms with van der Waals surface area (Å²) >= 11 is 6.04. The fourth-order valence-corrected chi connectivity index (χ4v) is 3.85. The lowest BCUT2D eigenvalue weighted by molar-refractivity contribution is 0.0782. The quantitative estimate of drug-likeness (QED) is 0.441. The second kappa shape index (κ2) is 8.77. The number of hydrogen-bond donors (Lipinski definition) is 2. The van der Waals surface area contributed by atoms with Crippen molar-refractivity contribution >= 4 is 17.5 Å². The summed E-state index contributed by atoms with van der Waals surface area (Å²) in [4.78, 5) is 14.6. The Morgan fingerprint density at radius 1 is 1.03 bits per heavy atom. The van der Waals surface area contributed by atoms with E-state index in [4.69, 9.17) is 11.6 Å². The average molecular weight is 448 g/mol. The molecular weight excluding hydrogens is 426 g/mol. The largest absolute Gasteiger partial charge is 0.507 e. The molecule has 0 saturated heterocycles. The highest BCUT2D eigenvalue weighted by molar-refractivity contribution is 6.30. The first-order valence-corrected chi connectivity index (χ1v) is 10.4. The number of nitrogens with zero attached hydrogens (tertiary/aromatic N) is 3. The van der Waals surface area contributed by atoms with Crippen LogP contribution in [0.15, 0.2) is 72.9 Å². The van der Waals surface area contributed by atoms with Crippen LogP contribution in [0.5, 0.6) is 11.5 Å². The maximum atomic E-state index is 13.1. The zero-order valence-corrected chi connectivity index (χ0v) is 18.4. The van der Waals surface area contributed by atoms with Gasteiger partial charge in [0.15, 0.2) is 0 Å². The van der Waals surface area contributed by atoms with Crippen LogP contribution in [0.4, 0.5) is 0 Å². The van der Waals surface area contributed by atoms with E-state index in [0.29, 0.717) is 22.8 Å². The number of benzene rings is 3. The summed E-state index contributed by atoms with van der Waals surface area (Å²) in [5, 5.41) is 26.0. The molecule has 4 rings (SSSR count). The summed E-state index contributed by atoms with van der Waals surface area (Å²) in [6.45, 7) is 2.29. The fourth-order valence-electron chi connectivity index (χ4n) is 3.64. The van der Waals surface area contributed by atoms with Crippen LogP contribution in [0.2, 0.25) is 5.02 Å². The van der Waals surface area contributed by atoms with Gasteiger partial charge in [-0.25, -0.2) is 4.68 Å². The summed E-state index contributed by atoms with van der Waals surface area (Å²) < 4.78 is 1.70. The molecule has 7 heteroatoms. The highest BCUT2D eigenvalue weighted by Gasteiger charge is 2.21. The van der Waals surface area contributed by atoms with Gasteiger partial charge in [-0.3, -0.25) is 4.79 Å². The van der Waals surface area contributed by atoms with Crippen molar-refractivity contribution in [3.05, 3.63) is 94.6 Å². The van der Waals surface area contributed by atoms with Crippen molar-refractivity contribution < 1.29 is 15.0 Å². The summed E-state index contributed by atoms with van der Waals surface area (Å²) in [6, 6.07) is 19.4. The predicted octanol–water partition coefficient (Wildman–Crippen LogP) is 5.18. The molecule has 0 radical (unpaired) electrons. The Hall–Kier alpha value is -3.77. The lowest BCUT2D eigenvalue weighted by Crippen LogP contribution is -2.26. The topological polar surface area (TPSA) is 78.6 Å². The van der Waals surface area contributed by atoms with Gasteiger partial charge in [0.05, 0.1) is 23.1 Å². The van der Waals surface area contributed by atoms with Gasteiger partial charge in [-0.1, -0.05) is 41.9 Å². The van der Waals surface area contributed by atoms with E-state index in [0.717, 1.165) is 16.8 Å². The number of halogens is 1. The van der Waals surface area contributed by atoms with Crippen molar-refractivity contribution in [2.24, 2.45) is 0 Å². The second-order valence-corrected chi connectivity index (χ2v) is 8.03. The van der Waals surface area contributed by atoms with Crippen LogP contribution in [-0.2, 0) is 6.54 Å². The lowest BCUT2D eigenvalue weighted by atomic mass is 10.0. The van der Waals surface area contributed by atoms with Crippen LogP contribution in [-0.4, -0.2) is 37.8 Å². The van der Waals surface area contributed by atoms with E-state index in [1.165, 1.54) is 17.0 Å². The van der Waals surface area contributed by atoms with E-state index < -0.39 is 0 Å². The summed E-state index contributed by atoms with van der Waals surface area (Å²) in [5.74, 6) is -0.825. The number of rotatable bonds is 5. The molecule has 0 unspecified atom stereocenters. The van der Waals surface area contributed by atoms with Gasteiger partial charge in [-0.2, -0.15) is 5.10 Å². The molecule has 1 amide bonds. The van der Waals surface area contributed by atoms with Gasteiger partial charge in [0, 0.05) is 30.2 Å². The fraction of sp³-hybridized carbons (Fsp3) is 0.120. The maximum absolute atomic E-state index is 13.1. The number of carbonyl (C=O) groups excluding carboxylic acids is 1. The Morgan fingerprint density at radius 2 is 1.81 bits per heavy atom. The number of amides is 1. The van der Waals surface area contributed by atoms with Crippen molar-refractivity contribution in [2.45, 2.75) is 13.5 Å². The van der Waals surface area contributed by atoms with Gasteiger partial charge in [0.2, 0.25) is 0 Å². The minimum atomic E-state index is -0.384. The van der Waals surface area contributed by atoms with E-state index in [9.17, 15) is 15.0 Å². The Bertz CT molecular complexity index is 1300. The zero-order valence-electron chi connectivity index (χ0n) is 17.7. The number of carbonyl (C=O) groups is 1. The van der Waals surface area contributed by atoms with E-state index in [2.05, 4.69) is 5.10 Å². The average Bonchev–Trinajstić information content (AvgIpc) is 3.23. The number of hydrogen-bond acceptors (Lipinski definition) is 4. The van der Waals surface area contributed by atoms with Crippen molar-refractivity contribution in [1.82, 2.24) is 14.7 Å². The minimum absolute atomic E-state index is 0.0832. The van der Waals surface area contributed by atoms with Crippen molar-refractivity contribution in [3.8, 4) is 28.4 Å². The zero-order chi connectivity index (χ0) is 22.8. The van der Waals surface area contributed by atoms with Gasteiger partial charge in [-0.05, 0) is 48.4 Å². The lowest BCUT2D eigenvalue weighted by Gasteiger charge is -2.19. The Morgan fingerprint density at radius 3 is 2.56 bits per heavy atom. The van der Waals surface area contributed by atoms with E-state index in [1.54, 1.807) is 36.1 Å². The SMILES string of the molecule is Cc1ccccc1-n1nccc1-c1cc(C(=O)N(C)Cc2cccc(Cl)c2)c(O)cc1O. The molecule has 1 aromatic heterocycles. The van der Waals surface area contributed by atoms with Crippen LogP contribution >= 0.6 is 11.6 Å². The summed E-state index contributed by atoms with van der Waals surface area (Å²) in [5.41, 5.74) is 3.80. The minimum Gasteiger partial charge on any atom is -0.507 e. The Kier molecular flexibility index (Phi) is 5.88. The first-order valence-electron chi connectivity index (χ1n) is 10.0. The molecular formula is C25H22ClN3O3. The van der Waals surface area contributed by atoms with Crippen molar-refractivity contribution in [1.29, 1.82) is 0 Å². The van der Waals surface area contributed by atoms with Crippen LogP contribution in [0.3, 0.4) is 0 Å². The third-order valence-corrected chi connectivity index (χ3v) is 5.50. The molecule has 2 N–H and O–H groups in total. The molecule has 0 spiro atoms.